The van der Waals surface area contributed by atoms with E-state index in [9.17, 15) is 0 Å². The number of hydrogen-bond donors (Lipinski definition) is 1. The van der Waals surface area contributed by atoms with E-state index in [1.807, 2.05) is 12.3 Å². The van der Waals surface area contributed by atoms with Crippen LogP contribution in [0.2, 0.25) is 0 Å². The van der Waals surface area contributed by atoms with Crippen LogP contribution < -0.4 is 5.32 Å². The molecule has 0 saturated heterocycles. The van der Waals surface area contributed by atoms with E-state index in [1.165, 1.54) is 5.56 Å². The van der Waals surface area contributed by atoms with Gasteiger partial charge in [-0.2, -0.15) is 0 Å². The van der Waals surface area contributed by atoms with Crippen LogP contribution in [0.1, 0.15) is 31.0 Å². The zero-order valence-corrected chi connectivity index (χ0v) is 13.1. The summed E-state index contributed by atoms with van der Waals surface area (Å²) in [7, 11) is 0. The predicted octanol–water partition coefficient (Wildman–Crippen LogP) is 4.96. The third-order valence-electron chi connectivity index (χ3n) is 3.16. The van der Waals surface area contributed by atoms with Crippen molar-refractivity contribution in [2.24, 2.45) is 5.92 Å². The minimum absolute atomic E-state index is 0.295. The number of anilines is 1. The number of aromatic nitrogens is 1. The summed E-state index contributed by atoms with van der Waals surface area (Å²) in [6, 6.07) is 13.0. The summed E-state index contributed by atoms with van der Waals surface area (Å²) in [5.41, 5.74) is 3.50. The summed E-state index contributed by atoms with van der Waals surface area (Å²) in [6.45, 7) is 6.50. The minimum atomic E-state index is 0.295. The van der Waals surface area contributed by atoms with Gasteiger partial charge >= 0.3 is 0 Å². The molecule has 2 nitrogen and oxygen atoms in total. The number of nitrogens with one attached hydrogen (secondary N) is 1. The zero-order valence-electron chi connectivity index (χ0n) is 11.5. The molecule has 3 heteroatoms. The molecule has 1 aromatic heterocycles. The van der Waals surface area contributed by atoms with E-state index >= 15 is 0 Å². The summed E-state index contributed by atoms with van der Waals surface area (Å²) in [5.74, 6) is 0.506. The van der Waals surface area contributed by atoms with Crippen LogP contribution in [0.3, 0.4) is 0 Å². The molecule has 0 radical (unpaired) electrons. The molecule has 0 spiro atoms. The lowest BCUT2D eigenvalue weighted by molar-refractivity contribution is 0.546. The van der Waals surface area contributed by atoms with E-state index in [4.69, 9.17) is 0 Å². The largest absolute Gasteiger partial charge is 0.377 e. The van der Waals surface area contributed by atoms with Gasteiger partial charge in [0.05, 0.1) is 17.9 Å². The van der Waals surface area contributed by atoms with E-state index in [-0.39, 0.29) is 0 Å². The normalized spacial score (nSPS) is 12.5. The zero-order chi connectivity index (χ0) is 13.8. The average Bonchev–Trinajstić information content (AvgIpc) is 2.40. The summed E-state index contributed by atoms with van der Waals surface area (Å²) >= 11 is 3.43. The fourth-order valence-electron chi connectivity index (χ4n) is 2.11. The van der Waals surface area contributed by atoms with E-state index in [1.54, 1.807) is 0 Å². The molecule has 2 rings (SSSR count). The standard InChI is InChI=1S/C16H19BrN2/c1-11(2)15(13-7-5-4-6-8-13)19-14-9-12(3)16(17)18-10-14/h4-11,15,19H,1-3H3. The minimum Gasteiger partial charge on any atom is -0.377 e. The Hall–Kier alpha value is -1.35. The smallest absolute Gasteiger partial charge is 0.109 e. The Morgan fingerprint density at radius 3 is 2.42 bits per heavy atom. The second-order valence-corrected chi connectivity index (χ2v) is 5.86. The number of pyridine rings is 1. The first-order valence-corrected chi connectivity index (χ1v) is 7.31. The fourth-order valence-corrected chi connectivity index (χ4v) is 2.33. The molecule has 0 fully saturated rings. The van der Waals surface area contributed by atoms with Gasteiger partial charge in [-0.1, -0.05) is 44.2 Å². The van der Waals surface area contributed by atoms with Gasteiger partial charge < -0.3 is 5.32 Å². The molecule has 1 unspecified atom stereocenters. The van der Waals surface area contributed by atoms with Crippen LogP contribution in [0, 0.1) is 12.8 Å². The van der Waals surface area contributed by atoms with Crippen molar-refractivity contribution in [3.05, 3.63) is 58.3 Å². The van der Waals surface area contributed by atoms with Crippen LogP contribution in [0.4, 0.5) is 5.69 Å². The van der Waals surface area contributed by atoms with Gasteiger partial charge in [0.15, 0.2) is 0 Å². The third kappa shape index (κ3) is 3.57. The number of benzene rings is 1. The maximum Gasteiger partial charge on any atom is 0.109 e. The molecule has 0 aliphatic rings. The molecular formula is C16H19BrN2. The van der Waals surface area contributed by atoms with Gasteiger partial charge in [-0.3, -0.25) is 0 Å². The maximum absolute atomic E-state index is 4.34. The highest BCUT2D eigenvalue weighted by Crippen LogP contribution is 2.27. The highest BCUT2D eigenvalue weighted by Gasteiger charge is 2.15. The summed E-state index contributed by atoms with van der Waals surface area (Å²) in [6.07, 6.45) is 1.87. The summed E-state index contributed by atoms with van der Waals surface area (Å²) in [4.78, 5) is 4.34. The van der Waals surface area contributed by atoms with Gasteiger partial charge in [-0.15, -0.1) is 0 Å². The first-order valence-electron chi connectivity index (χ1n) is 6.51. The summed E-state index contributed by atoms with van der Waals surface area (Å²) in [5, 5.41) is 3.58. The molecule has 0 amide bonds. The van der Waals surface area contributed by atoms with Crippen molar-refractivity contribution >= 4 is 21.6 Å². The monoisotopic (exact) mass is 318 g/mol. The molecule has 1 N–H and O–H groups in total. The molecule has 1 aromatic carbocycles. The highest BCUT2D eigenvalue weighted by atomic mass is 79.9. The maximum atomic E-state index is 4.34. The number of rotatable bonds is 4. The molecule has 1 atom stereocenters. The lowest BCUT2D eigenvalue weighted by Gasteiger charge is -2.24. The molecule has 100 valence electrons. The molecular weight excluding hydrogens is 300 g/mol. The Morgan fingerprint density at radius 1 is 1.16 bits per heavy atom. The van der Waals surface area contributed by atoms with Crippen molar-refractivity contribution in [2.75, 3.05) is 5.32 Å². The van der Waals surface area contributed by atoms with E-state index in [0.29, 0.717) is 12.0 Å². The van der Waals surface area contributed by atoms with Gasteiger partial charge in [0.1, 0.15) is 4.60 Å². The molecule has 1 heterocycles. The lowest BCUT2D eigenvalue weighted by atomic mass is 9.96. The number of aryl methyl sites for hydroxylation is 1. The fraction of sp³-hybridized carbons (Fsp3) is 0.312. The Bertz CT molecular complexity index is 538. The van der Waals surface area contributed by atoms with E-state index in [2.05, 4.69) is 77.3 Å². The van der Waals surface area contributed by atoms with Gasteiger partial charge in [0.25, 0.3) is 0 Å². The van der Waals surface area contributed by atoms with Crippen molar-refractivity contribution in [1.29, 1.82) is 0 Å². The van der Waals surface area contributed by atoms with Gasteiger partial charge in [-0.05, 0) is 46.0 Å². The van der Waals surface area contributed by atoms with Gasteiger partial charge in [-0.25, -0.2) is 4.98 Å². The Morgan fingerprint density at radius 2 is 1.84 bits per heavy atom. The van der Waals surface area contributed by atoms with Crippen molar-refractivity contribution in [1.82, 2.24) is 4.98 Å². The number of hydrogen-bond acceptors (Lipinski definition) is 2. The third-order valence-corrected chi connectivity index (χ3v) is 3.99. The van der Waals surface area contributed by atoms with Crippen LogP contribution in [0.5, 0.6) is 0 Å². The Balaban J connectivity index is 2.24. The number of nitrogens with zero attached hydrogens (tertiary/aromatic N) is 1. The number of halogens is 1. The van der Waals surface area contributed by atoms with Crippen molar-refractivity contribution < 1.29 is 0 Å². The first kappa shape index (κ1) is 14.1. The molecule has 0 bridgehead atoms. The average molecular weight is 319 g/mol. The second kappa shape index (κ2) is 6.20. The lowest BCUT2D eigenvalue weighted by Crippen LogP contribution is -2.17. The van der Waals surface area contributed by atoms with E-state index < -0.39 is 0 Å². The van der Waals surface area contributed by atoms with Crippen LogP contribution in [-0.2, 0) is 0 Å². The molecule has 19 heavy (non-hydrogen) atoms. The van der Waals surface area contributed by atoms with Crippen LogP contribution in [0.15, 0.2) is 47.2 Å². The second-order valence-electron chi connectivity index (χ2n) is 5.11. The van der Waals surface area contributed by atoms with Gasteiger partial charge in [0, 0.05) is 0 Å². The molecule has 0 aliphatic heterocycles. The van der Waals surface area contributed by atoms with Crippen molar-refractivity contribution in [3.63, 3.8) is 0 Å². The van der Waals surface area contributed by atoms with Gasteiger partial charge in [0.2, 0.25) is 0 Å². The van der Waals surface area contributed by atoms with Crippen LogP contribution in [0.25, 0.3) is 0 Å². The molecule has 0 saturated carbocycles. The molecule has 2 aromatic rings. The summed E-state index contributed by atoms with van der Waals surface area (Å²) < 4.78 is 0.902. The quantitative estimate of drug-likeness (QED) is 0.806. The first-order chi connectivity index (χ1) is 9.08. The topological polar surface area (TPSA) is 24.9 Å². The molecule has 0 aliphatic carbocycles. The van der Waals surface area contributed by atoms with Crippen molar-refractivity contribution in [3.8, 4) is 0 Å². The van der Waals surface area contributed by atoms with Crippen LogP contribution in [-0.4, -0.2) is 4.98 Å². The van der Waals surface area contributed by atoms with E-state index in [0.717, 1.165) is 15.9 Å². The van der Waals surface area contributed by atoms with Crippen molar-refractivity contribution in [2.45, 2.75) is 26.8 Å². The Kier molecular flexibility index (Phi) is 4.59. The van der Waals surface area contributed by atoms with Crippen LogP contribution >= 0.6 is 15.9 Å². The Labute approximate surface area is 123 Å². The highest BCUT2D eigenvalue weighted by molar-refractivity contribution is 9.10. The SMILES string of the molecule is Cc1cc(NC(c2ccccc2)C(C)C)cnc1Br. The predicted molar refractivity (Wildman–Crippen MR) is 84.3 cm³/mol.